The van der Waals surface area contributed by atoms with Gasteiger partial charge in [-0.15, -0.1) is 0 Å². The van der Waals surface area contributed by atoms with Gasteiger partial charge in [-0.1, -0.05) is 67.6 Å². The largest absolute Gasteiger partial charge is 0.353 e. The van der Waals surface area contributed by atoms with Crippen molar-refractivity contribution in [2.45, 2.75) is 38.3 Å². The van der Waals surface area contributed by atoms with Gasteiger partial charge in [0.1, 0.15) is 0 Å². The Morgan fingerprint density at radius 1 is 0.897 bits per heavy atom. The van der Waals surface area contributed by atoms with Gasteiger partial charge in [-0.25, -0.2) is 0 Å². The van der Waals surface area contributed by atoms with Crippen LogP contribution in [0.3, 0.4) is 0 Å². The number of rotatable bonds is 12. The summed E-state index contributed by atoms with van der Waals surface area (Å²) in [5.41, 5.74) is 6.70. The fraction of sp³-hybridized carbons (Fsp3) is 0.391. The van der Waals surface area contributed by atoms with Crippen molar-refractivity contribution in [3.63, 3.8) is 0 Å². The molecule has 0 aromatic heterocycles. The van der Waals surface area contributed by atoms with Crippen molar-refractivity contribution in [1.29, 1.82) is 0 Å². The SMILES string of the molecule is CCC(NCCc1ccccc1)(NC(=O)CN)C(=O)NCCCc1ccccc1. The summed E-state index contributed by atoms with van der Waals surface area (Å²) in [6.07, 6.45) is 2.88. The second kappa shape index (κ2) is 12.0. The number of benzene rings is 2. The fourth-order valence-corrected chi connectivity index (χ4v) is 3.20. The lowest BCUT2D eigenvalue weighted by atomic mass is 10.0. The van der Waals surface area contributed by atoms with Crippen molar-refractivity contribution in [1.82, 2.24) is 16.0 Å². The van der Waals surface area contributed by atoms with E-state index in [1.54, 1.807) is 0 Å². The molecule has 2 amide bonds. The first kappa shape index (κ1) is 22.6. The van der Waals surface area contributed by atoms with Crippen LogP contribution in [0.1, 0.15) is 30.9 Å². The van der Waals surface area contributed by atoms with Gasteiger partial charge in [0.2, 0.25) is 5.91 Å². The molecule has 0 bridgehead atoms. The van der Waals surface area contributed by atoms with Crippen LogP contribution >= 0.6 is 0 Å². The molecule has 0 aliphatic rings. The lowest BCUT2D eigenvalue weighted by Gasteiger charge is -2.33. The molecule has 2 aromatic rings. The third-order valence-electron chi connectivity index (χ3n) is 4.91. The number of hydrogen-bond donors (Lipinski definition) is 4. The molecule has 0 aliphatic heterocycles. The summed E-state index contributed by atoms with van der Waals surface area (Å²) < 4.78 is 0. The van der Waals surface area contributed by atoms with Gasteiger partial charge in [0.25, 0.3) is 5.91 Å². The van der Waals surface area contributed by atoms with E-state index in [1.165, 1.54) is 11.1 Å². The van der Waals surface area contributed by atoms with Crippen LogP contribution in [-0.4, -0.2) is 37.1 Å². The van der Waals surface area contributed by atoms with Crippen molar-refractivity contribution in [3.8, 4) is 0 Å². The summed E-state index contributed by atoms with van der Waals surface area (Å²) in [5, 5.41) is 9.01. The quantitative estimate of drug-likeness (QED) is 0.325. The molecule has 0 fully saturated rings. The van der Waals surface area contributed by atoms with Crippen molar-refractivity contribution in [3.05, 3.63) is 71.8 Å². The zero-order valence-corrected chi connectivity index (χ0v) is 17.1. The highest BCUT2D eigenvalue weighted by molar-refractivity contribution is 5.91. The van der Waals surface area contributed by atoms with Gasteiger partial charge < -0.3 is 16.4 Å². The highest BCUT2D eigenvalue weighted by atomic mass is 16.2. The minimum atomic E-state index is -1.17. The second-order valence-corrected chi connectivity index (χ2v) is 7.02. The van der Waals surface area contributed by atoms with Gasteiger partial charge in [0.05, 0.1) is 6.54 Å². The van der Waals surface area contributed by atoms with E-state index in [2.05, 4.69) is 28.1 Å². The molecule has 2 rings (SSSR count). The van der Waals surface area contributed by atoms with E-state index in [1.807, 2.05) is 55.5 Å². The summed E-state index contributed by atoms with van der Waals surface area (Å²) in [5.74, 6) is -0.596. The minimum Gasteiger partial charge on any atom is -0.353 e. The zero-order chi connectivity index (χ0) is 21.0. The molecule has 0 saturated heterocycles. The molecule has 29 heavy (non-hydrogen) atoms. The first-order valence-corrected chi connectivity index (χ1v) is 10.2. The van der Waals surface area contributed by atoms with E-state index < -0.39 is 5.66 Å². The summed E-state index contributed by atoms with van der Waals surface area (Å²) in [6, 6.07) is 20.2. The summed E-state index contributed by atoms with van der Waals surface area (Å²) in [7, 11) is 0. The fourth-order valence-electron chi connectivity index (χ4n) is 3.20. The number of hydrogen-bond acceptors (Lipinski definition) is 4. The Morgan fingerprint density at radius 2 is 1.48 bits per heavy atom. The maximum absolute atomic E-state index is 13.0. The lowest BCUT2D eigenvalue weighted by molar-refractivity contribution is -0.134. The molecule has 5 N–H and O–H groups in total. The van der Waals surface area contributed by atoms with E-state index in [0.29, 0.717) is 19.5 Å². The number of carbonyl (C=O) groups is 2. The van der Waals surface area contributed by atoms with Crippen LogP contribution in [0.4, 0.5) is 0 Å². The van der Waals surface area contributed by atoms with Crippen molar-refractivity contribution in [2.24, 2.45) is 5.73 Å². The summed E-state index contributed by atoms with van der Waals surface area (Å²) in [4.78, 5) is 25.0. The van der Waals surface area contributed by atoms with Gasteiger partial charge in [0.15, 0.2) is 5.66 Å². The summed E-state index contributed by atoms with van der Waals surface area (Å²) >= 11 is 0. The number of carbonyl (C=O) groups excluding carboxylic acids is 2. The molecule has 0 spiro atoms. The van der Waals surface area contributed by atoms with E-state index in [4.69, 9.17) is 5.73 Å². The highest BCUT2D eigenvalue weighted by Crippen LogP contribution is 2.09. The molecular weight excluding hydrogens is 364 g/mol. The molecule has 0 radical (unpaired) electrons. The third-order valence-corrected chi connectivity index (χ3v) is 4.91. The molecule has 2 aromatic carbocycles. The molecule has 6 nitrogen and oxygen atoms in total. The molecule has 1 atom stereocenters. The van der Waals surface area contributed by atoms with Crippen molar-refractivity contribution >= 4 is 11.8 Å². The van der Waals surface area contributed by atoms with Gasteiger partial charge in [0, 0.05) is 13.1 Å². The van der Waals surface area contributed by atoms with Gasteiger partial charge in [-0.3, -0.25) is 14.9 Å². The Kier molecular flexibility index (Phi) is 9.34. The minimum absolute atomic E-state index is 0.163. The van der Waals surface area contributed by atoms with Crippen LogP contribution < -0.4 is 21.7 Å². The Morgan fingerprint density at radius 3 is 2.03 bits per heavy atom. The molecule has 6 heteroatoms. The lowest BCUT2D eigenvalue weighted by Crippen LogP contribution is -2.68. The van der Waals surface area contributed by atoms with Gasteiger partial charge in [-0.2, -0.15) is 0 Å². The monoisotopic (exact) mass is 396 g/mol. The molecule has 1 unspecified atom stereocenters. The van der Waals surface area contributed by atoms with Crippen LogP contribution in [0.5, 0.6) is 0 Å². The predicted octanol–water partition coefficient (Wildman–Crippen LogP) is 1.75. The average molecular weight is 397 g/mol. The molecular formula is C23H32N4O2. The maximum Gasteiger partial charge on any atom is 0.260 e. The Balaban J connectivity index is 1.93. The van der Waals surface area contributed by atoms with Crippen LogP contribution in [0.25, 0.3) is 0 Å². The average Bonchev–Trinajstić information content (AvgIpc) is 2.77. The first-order valence-electron chi connectivity index (χ1n) is 10.2. The number of amides is 2. The topological polar surface area (TPSA) is 96.2 Å². The predicted molar refractivity (Wildman–Crippen MR) is 116 cm³/mol. The van der Waals surface area contributed by atoms with Crippen LogP contribution in [0, 0.1) is 0 Å². The van der Waals surface area contributed by atoms with Crippen molar-refractivity contribution in [2.75, 3.05) is 19.6 Å². The molecule has 0 aliphatic carbocycles. The standard InChI is InChI=1S/C23H32N4O2/c1-2-23(27-21(28)18-24,26-17-15-20-12-7-4-8-13-20)22(29)25-16-9-14-19-10-5-3-6-11-19/h3-8,10-13,26H,2,9,14-18,24H2,1H3,(H,25,29)(H,27,28). The second-order valence-electron chi connectivity index (χ2n) is 7.02. The molecule has 156 valence electrons. The normalized spacial score (nSPS) is 12.8. The zero-order valence-electron chi connectivity index (χ0n) is 17.1. The Hall–Kier alpha value is -2.70. The number of aryl methyl sites for hydroxylation is 1. The first-order chi connectivity index (χ1) is 14.1. The van der Waals surface area contributed by atoms with Crippen LogP contribution in [-0.2, 0) is 22.4 Å². The van der Waals surface area contributed by atoms with E-state index >= 15 is 0 Å². The third kappa shape index (κ3) is 7.33. The smallest absolute Gasteiger partial charge is 0.260 e. The maximum atomic E-state index is 13.0. The number of nitrogens with one attached hydrogen (secondary N) is 3. The molecule has 0 saturated carbocycles. The summed E-state index contributed by atoms with van der Waals surface area (Å²) in [6.45, 7) is 2.80. The Bertz CT molecular complexity index is 752. The number of nitrogens with two attached hydrogens (primary N) is 1. The Labute approximate surface area is 173 Å². The van der Waals surface area contributed by atoms with E-state index in [-0.39, 0.29) is 18.4 Å². The molecule has 0 heterocycles. The highest BCUT2D eigenvalue weighted by Gasteiger charge is 2.37. The van der Waals surface area contributed by atoms with Crippen LogP contribution in [0.15, 0.2) is 60.7 Å². The van der Waals surface area contributed by atoms with Crippen LogP contribution in [0.2, 0.25) is 0 Å². The van der Waals surface area contributed by atoms with Crippen molar-refractivity contribution < 1.29 is 9.59 Å². The van der Waals surface area contributed by atoms with Gasteiger partial charge in [-0.05, 0) is 36.8 Å². The van der Waals surface area contributed by atoms with E-state index in [9.17, 15) is 9.59 Å². The van der Waals surface area contributed by atoms with Gasteiger partial charge >= 0.3 is 0 Å². The van der Waals surface area contributed by atoms with E-state index in [0.717, 1.165) is 19.3 Å².